The van der Waals surface area contributed by atoms with Crippen molar-refractivity contribution in [2.24, 2.45) is 10.8 Å². The summed E-state index contributed by atoms with van der Waals surface area (Å²) in [6.07, 6.45) is 1.80. The summed E-state index contributed by atoms with van der Waals surface area (Å²) >= 11 is 0. The number of nitrogens with zero attached hydrogens (tertiary/aromatic N) is 2. The lowest BCUT2D eigenvalue weighted by molar-refractivity contribution is 0.155. The van der Waals surface area contributed by atoms with Gasteiger partial charge in [-0.25, -0.2) is 5.84 Å². The van der Waals surface area contributed by atoms with Crippen molar-refractivity contribution >= 4 is 15.8 Å². The minimum Gasteiger partial charge on any atom is -0.481 e. The standard InChI is InChI=1S/C9H12O3S.C6H11N3O/c1-6-4-7(2)9(8(3)5-6)13(10,11)12;1-5-3-6(10-2)9(7)4-8-5/h4-5H,1-3H3,(H,10,11,12);3H,4,7H2,1-2H3. The van der Waals surface area contributed by atoms with Gasteiger partial charge in [-0.1, -0.05) is 17.7 Å². The van der Waals surface area contributed by atoms with Gasteiger partial charge in [0.15, 0.2) is 0 Å². The van der Waals surface area contributed by atoms with Crippen molar-refractivity contribution in [2.75, 3.05) is 13.8 Å². The van der Waals surface area contributed by atoms with Crippen LogP contribution in [0, 0.1) is 20.8 Å². The minimum atomic E-state index is -4.08. The van der Waals surface area contributed by atoms with E-state index in [0.717, 1.165) is 11.3 Å². The Balaban J connectivity index is 0.000000238. The molecule has 7 nitrogen and oxygen atoms in total. The molecule has 128 valence electrons. The lowest BCUT2D eigenvalue weighted by Gasteiger charge is -2.21. The first-order chi connectivity index (χ1) is 10.6. The number of aliphatic imine (C=N–C) groups is 1. The molecule has 0 amide bonds. The van der Waals surface area contributed by atoms with E-state index in [-0.39, 0.29) is 4.90 Å². The molecule has 0 bridgehead atoms. The fourth-order valence-electron chi connectivity index (χ4n) is 2.31. The van der Waals surface area contributed by atoms with Crippen LogP contribution in [-0.4, -0.2) is 37.5 Å². The Morgan fingerprint density at radius 2 is 1.74 bits per heavy atom. The molecule has 2 rings (SSSR count). The van der Waals surface area contributed by atoms with Crippen LogP contribution in [0.4, 0.5) is 0 Å². The summed E-state index contributed by atoms with van der Waals surface area (Å²) in [5.74, 6) is 6.14. The second-order valence-corrected chi connectivity index (χ2v) is 6.66. The normalized spacial score (nSPS) is 14.5. The highest BCUT2D eigenvalue weighted by molar-refractivity contribution is 7.86. The third kappa shape index (κ3) is 5.34. The number of benzene rings is 1. The second-order valence-electron chi connectivity index (χ2n) is 5.30. The Hall–Kier alpha value is -1.90. The number of hydrazine groups is 1. The van der Waals surface area contributed by atoms with Crippen LogP contribution < -0.4 is 5.84 Å². The van der Waals surface area contributed by atoms with Crippen LogP contribution >= 0.6 is 0 Å². The van der Waals surface area contributed by atoms with Crippen LogP contribution in [0.2, 0.25) is 0 Å². The van der Waals surface area contributed by atoms with Gasteiger partial charge in [-0.15, -0.1) is 0 Å². The minimum absolute atomic E-state index is 0.0260. The van der Waals surface area contributed by atoms with Gasteiger partial charge in [0.05, 0.1) is 12.0 Å². The Bertz CT molecular complexity index is 716. The predicted octanol–water partition coefficient (Wildman–Crippen LogP) is 1.94. The quantitative estimate of drug-likeness (QED) is 0.629. The highest BCUT2D eigenvalue weighted by atomic mass is 32.2. The Labute approximate surface area is 137 Å². The summed E-state index contributed by atoms with van der Waals surface area (Å²) < 4.78 is 35.8. The first kappa shape index (κ1) is 19.1. The maximum atomic E-state index is 10.9. The molecule has 0 unspecified atom stereocenters. The van der Waals surface area contributed by atoms with Crippen LogP contribution in [0.1, 0.15) is 23.6 Å². The van der Waals surface area contributed by atoms with Crippen LogP contribution in [0.3, 0.4) is 0 Å². The second kappa shape index (κ2) is 7.58. The van der Waals surface area contributed by atoms with Gasteiger partial charge < -0.3 is 4.74 Å². The van der Waals surface area contributed by atoms with Crippen molar-refractivity contribution in [2.45, 2.75) is 32.6 Å². The average Bonchev–Trinajstić information content (AvgIpc) is 2.39. The van der Waals surface area contributed by atoms with E-state index in [9.17, 15) is 8.42 Å². The number of rotatable bonds is 2. The molecule has 0 fully saturated rings. The molecule has 3 N–H and O–H groups in total. The molecule has 0 atom stereocenters. The zero-order chi connectivity index (χ0) is 17.8. The van der Waals surface area contributed by atoms with Crippen molar-refractivity contribution in [3.63, 3.8) is 0 Å². The van der Waals surface area contributed by atoms with E-state index in [1.807, 2.05) is 13.8 Å². The number of aryl methyl sites for hydroxylation is 3. The number of allylic oxidation sites excluding steroid dienone is 1. The molecular weight excluding hydrogens is 318 g/mol. The van der Waals surface area contributed by atoms with E-state index >= 15 is 0 Å². The average molecular weight is 341 g/mol. The first-order valence-electron chi connectivity index (χ1n) is 6.90. The molecule has 1 aliphatic rings. The molecule has 23 heavy (non-hydrogen) atoms. The summed E-state index contributed by atoms with van der Waals surface area (Å²) in [5.41, 5.74) is 3.10. The molecule has 0 saturated carbocycles. The molecule has 0 saturated heterocycles. The SMILES string of the molecule is COC1=CC(C)=NCN1N.Cc1cc(C)c(S(=O)(=O)O)c(C)c1. The lowest BCUT2D eigenvalue weighted by Crippen LogP contribution is -2.34. The highest BCUT2D eigenvalue weighted by Crippen LogP contribution is 2.20. The Morgan fingerprint density at radius 1 is 1.22 bits per heavy atom. The largest absolute Gasteiger partial charge is 0.481 e. The Morgan fingerprint density at radius 3 is 2.13 bits per heavy atom. The third-order valence-corrected chi connectivity index (χ3v) is 4.32. The first-order valence-corrected chi connectivity index (χ1v) is 8.34. The summed E-state index contributed by atoms with van der Waals surface area (Å²) in [6, 6.07) is 3.46. The molecule has 0 radical (unpaired) electrons. The van der Waals surface area contributed by atoms with Gasteiger partial charge in [-0.3, -0.25) is 14.6 Å². The molecule has 1 aromatic carbocycles. The maximum absolute atomic E-state index is 10.9. The highest BCUT2D eigenvalue weighted by Gasteiger charge is 2.16. The summed E-state index contributed by atoms with van der Waals surface area (Å²) in [6.45, 7) is 7.61. The lowest BCUT2D eigenvalue weighted by atomic mass is 10.1. The van der Waals surface area contributed by atoms with Crippen molar-refractivity contribution < 1.29 is 17.7 Å². The number of ether oxygens (including phenoxy) is 1. The number of methoxy groups -OCH3 is 1. The van der Waals surface area contributed by atoms with Gasteiger partial charge in [0.1, 0.15) is 6.67 Å². The van der Waals surface area contributed by atoms with Crippen molar-refractivity contribution in [3.05, 3.63) is 40.8 Å². The molecule has 1 aliphatic heterocycles. The summed E-state index contributed by atoms with van der Waals surface area (Å²) in [7, 11) is -2.49. The van der Waals surface area contributed by atoms with E-state index in [4.69, 9.17) is 15.1 Å². The maximum Gasteiger partial charge on any atom is 0.295 e. The molecule has 8 heteroatoms. The van der Waals surface area contributed by atoms with E-state index in [1.165, 1.54) is 5.01 Å². The van der Waals surface area contributed by atoms with E-state index in [0.29, 0.717) is 23.7 Å². The molecule has 1 aromatic rings. The van der Waals surface area contributed by atoms with Crippen LogP contribution in [-0.2, 0) is 14.9 Å². The van der Waals surface area contributed by atoms with Crippen molar-refractivity contribution in [3.8, 4) is 0 Å². The smallest absolute Gasteiger partial charge is 0.295 e. The zero-order valence-electron chi connectivity index (χ0n) is 14.0. The van der Waals surface area contributed by atoms with Gasteiger partial charge in [-0.05, 0) is 38.8 Å². The molecule has 0 aliphatic carbocycles. The van der Waals surface area contributed by atoms with Crippen molar-refractivity contribution in [1.82, 2.24) is 5.01 Å². The van der Waals surface area contributed by atoms with Crippen LogP contribution in [0.5, 0.6) is 0 Å². The monoisotopic (exact) mass is 341 g/mol. The molecule has 1 heterocycles. The fraction of sp³-hybridized carbons (Fsp3) is 0.400. The number of hydrogen-bond acceptors (Lipinski definition) is 6. The Kier molecular flexibility index (Phi) is 6.31. The zero-order valence-corrected chi connectivity index (χ0v) is 14.8. The van der Waals surface area contributed by atoms with E-state index in [2.05, 4.69) is 4.99 Å². The molecular formula is C15H23N3O4S. The van der Waals surface area contributed by atoms with Crippen LogP contribution in [0.25, 0.3) is 0 Å². The van der Waals surface area contributed by atoms with Gasteiger partial charge in [0.2, 0.25) is 5.88 Å². The van der Waals surface area contributed by atoms with Gasteiger partial charge >= 0.3 is 0 Å². The summed E-state index contributed by atoms with van der Waals surface area (Å²) in [5, 5.41) is 1.45. The topological polar surface area (TPSA) is 105 Å². The predicted molar refractivity (Wildman–Crippen MR) is 89.6 cm³/mol. The van der Waals surface area contributed by atoms with E-state index < -0.39 is 10.1 Å². The third-order valence-electron chi connectivity index (χ3n) is 3.16. The molecule has 0 spiro atoms. The molecule has 0 aromatic heterocycles. The number of nitrogens with two attached hydrogens (primary N) is 1. The van der Waals surface area contributed by atoms with Gasteiger partial charge in [-0.2, -0.15) is 8.42 Å². The van der Waals surface area contributed by atoms with Crippen molar-refractivity contribution in [1.29, 1.82) is 0 Å². The van der Waals surface area contributed by atoms with Crippen LogP contribution in [0.15, 0.2) is 34.0 Å². The summed E-state index contributed by atoms with van der Waals surface area (Å²) in [4.78, 5) is 4.10. The van der Waals surface area contributed by atoms with E-state index in [1.54, 1.807) is 39.2 Å². The van der Waals surface area contributed by atoms with Gasteiger partial charge in [0, 0.05) is 11.8 Å². The van der Waals surface area contributed by atoms with Gasteiger partial charge in [0.25, 0.3) is 10.1 Å². The number of hydrogen-bond donors (Lipinski definition) is 2. The fourth-order valence-corrected chi connectivity index (χ4v) is 3.25.